The van der Waals surface area contributed by atoms with Gasteiger partial charge in [0, 0.05) is 12.1 Å². The number of phenols is 1. The molecular formula is C11H12BrN3OS. The third-order valence-electron chi connectivity index (χ3n) is 2.27. The predicted octanol–water partition coefficient (Wildman–Crippen LogP) is 3.18. The van der Waals surface area contributed by atoms with Crippen LogP contribution in [0.5, 0.6) is 5.75 Å². The van der Waals surface area contributed by atoms with Gasteiger partial charge >= 0.3 is 0 Å². The van der Waals surface area contributed by atoms with E-state index in [1.165, 1.54) is 11.3 Å². The molecule has 0 radical (unpaired) electrons. The van der Waals surface area contributed by atoms with E-state index >= 15 is 0 Å². The maximum atomic E-state index is 9.81. The third kappa shape index (κ3) is 2.95. The maximum absolute atomic E-state index is 9.81. The molecule has 4 nitrogen and oxygen atoms in total. The zero-order valence-electron chi connectivity index (χ0n) is 9.27. The van der Waals surface area contributed by atoms with Crippen molar-refractivity contribution in [3.63, 3.8) is 0 Å². The molecule has 1 heterocycles. The first-order valence-electron chi connectivity index (χ1n) is 5.23. The lowest BCUT2D eigenvalue weighted by atomic mass is 10.2. The van der Waals surface area contributed by atoms with Crippen molar-refractivity contribution in [3.8, 4) is 5.75 Å². The Bertz CT molecular complexity index is 515. The Morgan fingerprint density at radius 1 is 1.41 bits per heavy atom. The highest BCUT2D eigenvalue weighted by Gasteiger charge is 2.06. The number of aromatic hydroxyl groups is 1. The van der Waals surface area contributed by atoms with Gasteiger partial charge in [-0.2, -0.15) is 0 Å². The highest BCUT2D eigenvalue weighted by Crippen LogP contribution is 2.28. The molecule has 2 N–H and O–H groups in total. The van der Waals surface area contributed by atoms with Crippen molar-refractivity contribution in [1.29, 1.82) is 0 Å². The Balaban J connectivity index is 2.04. The first-order valence-corrected chi connectivity index (χ1v) is 6.84. The first-order chi connectivity index (χ1) is 8.20. The molecule has 2 rings (SSSR count). The molecule has 90 valence electrons. The van der Waals surface area contributed by atoms with E-state index in [-0.39, 0.29) is 5.75 Å². The summed E-state index contributed by atoms with van der Waals surface area (Å²) in [5.74, 6) is 0.264. The Kier molecular flexibility index (Phi) is 3.96. The Morgan fingerprint density at radius 3 is 2.94 bits per heavy atom. The number of phenolic OH excluding ortho intramolecular Hbond substituents is 1. The SMILES string of the molecule is CCc1nnc(NCc2cccc(Br)c2O)s1. The van der Waals surface area contributed by atoms with E-state index in [2.05, 4.69) is 31.4 Å². The van der Waals surface area contributed by atoms with Crippen molar-refractivity contribution < 1.29 is 5.11 Å². The molecule has 0 saturated heterocycles. The summed E-state index contributed by atoms with van der Waals surface area (Å²) in [7, 11) is 0. The standard InChI is InChI=1S/C11H12BrN3OS/c1-2-9-14-15-11(17-9)13-6-7-4-3-5-8(12)10(7)16/h3-5,16H,2,6H2,1H3,(H,13,15). The molecule has 2 aromatic rings. The van der Waals surface area contributed by atoms with Gasteiger partial charge in [-0.3, -0.25) is 0 Å². The first kappa shape index (κ1) is 12.3. The molecular weight excluding hydrogens is 302 g/mol. The average molecular weight is 314 g/mol. The largest absolute Gasteiger partial charge is 0.506 e. The molecule has 0 aliphatic carbocycles. The van der Waals surface area contributed by atoms with Gasteiger partial charge in [-0.25, -0.2) is 0 Å². The molecule has 1 aromatic heterocycles. The Morgan fingerprint density at radius 2 is 2.24 bits per heavy atom. The second-order valence-electron chi connectivity index (χ2n) is 3.46. The van der Waals surface area contributed by atoms with Crippen LogP contribution in [0, 0.1) is 0 Å². The molecule has 0 spiro atoms. The Labute approximate surface area is 112 Å². The monoisotopic (exact) mass is 313 g/mol. The fraction of sp³-hybridized carbons (Fsp3) is 0.273. The van der Waals surface area contributed by atoms with Crippen LogP contribution in [0.25, 0.3) is 0 Å². The van der Waals surface area contributed by atoms with Crippen molar-refractivity contribution >= 4 is 32.4 Å². The molecule has 0 amide bonds. The summed E-state index contributed by atoms with van der Waals surface area (Å²) in [5, 5.41) is 22.8. The topological polar surface area (TPSA) is 58.0 Å². The second kappa shape index (κ2) is 5.46. The Hall–Kier alpha value is -1.14. The lowest BCUT2D eigenvalue weighted by Gasteiger charge is -2.06. The number of nitrogens with one attached hydrogen (secondary N) is 1. The lowest BCUT2D eigenvalue weighted by Crippen LogP contribution is -1.99. The van der Waals surface area contributed by atoms with Crippen molar-refractivity contribution in [2.75, 3.05) is 5.32 Å². The smallest absolute Gasteiger partial charge is 0.205 e. The number of aromatic nitrogens is 2. The van der Waals surface area contributed by atoms with Crippen LogP contribution >= 0.6 is 27.3 Å². The van der Waals surface area contributed by atoms with Crippen molar-refractivity contribution in [2.45, 2.75) is 19.9 Å². The summed E-state index contributed by atoms with van der Waals surface area (Å²) in [4.78, 5) is 0. The number of rotatable bonds is 4. The van der Waals surface area contributed by atoms with Gasteiger partial charge in [0.05, 0.1) is 4.47 Å². The van der Waals surface area contributed by atoms with Gasteiger partial charge in [-0.05, 0) is 28.4 Å². The van der Waals surface area contributed by atoms with E-state index in [4.69, 9.17) is 0 Å². The summed E-state index contributed by atoms with van der Waals surface area (Å²) in [6.45, 7) is 2.58. The van der Waals surface area contributed by atoms with Crippen LogP contribution in [0.2, 0.25) is 0 Å². The van der Waals surface area contributed by atoms with E-state index in [1.54, 1.807) is 6.07 Å². The highest BCUT2D eigenvalue weighted by atomic mass is 79.9. The van der Waals surface area contributed by atoms with Crippen molar-refractivity contribution in [1.82, 2.24) is 10.2 Å². The minimum Gasteiger partial charge on any atom is -0.506 e. The number of halogens is 1. The van der Waals surface area contributed by atoms with Crippen LogP contribution in [0.15, 0.2) is 22.7 Å². The highest BCUT2D eigenvalue weighted by molar-refractivity contribution is 9.10. The zero-order valence-corrected chi connectivity index (χ0v) is 11.7. The van der Waals surface area contributed by atoms with Crippen LogP contribution in [0.1, 0.15) is 17.5 Å². The van der Waals surface area contributed by atoms with Crippen LogP contribution in [-0.2, 0) is 13.0 Å². The molecule has 6 heteroatoms. The number of anilines is 1. The van der Waals surface area contributed by atoms with Gasteiger partial charge in [-0.1, -0.05) is 30.4 Å². The summed E-state index contributed by atoms with van der Waals surface area (Å²) in [6.07, 6.45) is 0.890. The molecule has 0 bridgehead atoms. The second-order valence-corrected chi connectivity index (χ2v) is 5.37. The van der Waals surface area contributed by atoms with Crippen LogP contribution in [-0.4, -0.2) is 15.3 Å². The van der Waals surface area contributed by atoms with Gasteiger partial charge < -0.3 is 10.4 Å². The van der Waals surface area contributed by atoms with Gasteiger partial charge in [0.2, 0.25) is 5.13 Å². The van der Waals surface area contributed by atoms with Crippen LogP contribution in [0.3, 0.4) is 0 Å². The molecule has 0 saturated carbocycles. The number of hydrogen-bond donors (Lipinski definition) is 2. The van der Waals surface area contributed by atoms with E-state index < -0.39 is 0 Å². The number of aryl methyl sites for hydroxylation is 1. The lowest BCUT2D eigenvalue weighted by molar-refractivity contribution is 0.465. The molecule has 1 aromatic carbocycles. The zero-order chi connectivity index (χ0) is 12.3. The minimum atomic E-state index is 0.264. The molecule has 0 unspecified atom stereocenters. The number of benzene rings is 1. The van der Waals surface area contributed by atoms with Gasteiger partial charge in [0.15, 0.2) is 0 Å². The molecule has 0 aliphatic heterocycles. The predicted molar refractivity (Wildman–Crippen MR) is 72.4 cm³/mol. The summed E-state index contributed by atoms with van der Waals surface area (Å²) in [5.41, 5.74) is 0.827. The summed E-state index contributed by atoms with van der Waals surface area (Å²) >= 11 is 4.82. The van der Waals surface area contributed by atoms with Crippen LogP contribution in [0.4, 0.5) is 5.13 Å². The normalized spacial score (nSPS) is 10.5. The molecule has 0 atom stereocenters. The number of hydrogen-bond acceptors (Lipinski definition) is 5. The summed E-state index contributed by atoms with van der Waals surface area (Å²) in [6, 6.07) is 5.56. The van der Waals surface area contributed by atoms with E-state index in [1.807, 2.05) is 19.1 Å². The van der Waals surface area contributed by atoms with Crippen molar-refractivity contribution in [2.24, 2.45) is 0 Å². The fourth-order valence-corrected chi connectivity index (χ4v) is 2.42. The fourth-order valence-electron chi connectivity index (χ4n) is 1.34. The van der Waals surface area contributed by atoms with E-state index in [0.717, 1.165) is 22.1 Å². The molecule has 0 aliphatic rings. The molecule has 0 fully saturated rings. The summed E-state index contributed by atoms with van der Waals surface area (Å²) < 4.78 is 0.698. The average Bonchev–Trinajstić information content (AvgIpc) is 2.79. The minimum absolute atomic E-state index is 0.264. The van der Waals surface area contributed by atoms with Crippen molar-refractivity contribution in [3.05, 3.63) is 33.2 Å². The van der Waals surface area contributed by atoms with Crippen LogP contribution < -0.4 is 5.32 Å². The quantitative estimate of drug-likeness (QED) is 0.910. The van der Waals surface area contributed by atoms with E-state index in [0.29, 0.717) is 11.0 Å². The maximum Gasteiger partial charge on any atom is 0.205 e. The van der Waals surface area contributed by atoms with Gasteiger partial charge in [0.1, 0.15) is 10.8 Å². The van der Waals surface area contributed by atoms with Gasteiger partial charge in [-0.15, -0.1) is 10.2 Å². The van der Waals surface area contributed by atoms with E-state index in [9.17, 15) is 5.11 Å². The third-order valence-corrected chi connectivity index (χ3v) is 3.93. The number of para-hydroxylation sites is 1. The number of nitrogens with zero attached hydrogens (tertiary/aromatic N) is 2. The van der Waals surface area contributed by atoms with Gasteiger partial charge in [0.25, 0.3) is 0 Å². The molecule has 17 heavy (non-hydrogen) atoms.